The molecule has 1 aliphatic heterocycles. The lowest BCUT2D eigenvalue weighted by molar-refractivity contribution is -0.389. The van der Waals surface area contributed by atoms with Gasteiger partial charge in [-0.3, -0.25) is 0 Å². The third-order valence-corrected chi connectivity index (χ3v) is 2.52. The van der Waals surface area contributed by atoms with Crippen molar-refractivity contribution in [2.75, 3.05) is 13.2 Å². The summed E-state index contributed by atoms with van der Waals surface area (Å²) in [6.45, 7) is 1.62. The molecule has 1 atom stereocenters. The minimum Gasteiger partial charge on any atom is -0.488 e. The number of pyridine rings is 1. The molecule has 1 N–H and O–H groups in total. The second-order valence-corrected chi connectivity index (χ2v) is 3.71. The van der Waals surface area contributed by atoms with E-state index in [1.807, 2.05) is 0 Å². The van der Waals surface area contributed by atoms with Crippen molar-refractivity contribution in [3.8, 4) is 5.75 Å². The maximum atomic E-state index is 10.4. The average molecular weight is 223 g/mol. The summed E-state index contributed by atoms with van der Waals surface area (Å²) < 4.78 is 5.48. The SMILES string of the molecule is O=[N+]([O-])c1ccc(OCC2CCCN2)cn1. The lowest BCUT2D eigenvalue weighted by Crippen LogP contribution is -2.28. The second-order valence-electron chi connectivity index (χ2n) is 3.71. The van der Waals surface area contributed by atoms with Crippen LogP contribution in [0, 0.1) is 10.1 Å². The van der Waals surface area contributed by atoms with Gasteiger partial charge in [0, 0.05) is 12.1 Å². The zero-order valence-corrected chi connectivity index (χ0v) is 8.76. The van der Waals surface area contributed by atoms with Crippen LogP contribution in [0.4, 0.5) is 5.82 Å². The summed E-state index contributed by atoms with van der Waals surface area (Å²) in [4.78, 5) is 13.5. The van der Waals surface area contributed by atoms with Crippen LogP contribution in [0.1, 0.15) is 12.8 Å². The number of hydrogen-bond acceptors (Lipinski definition) is 5. The molecule has 1 unspecified atom stereocenters. The lowest BCUT2D eigenvalue weighted by atomic mass is 10.2. The van der Waals surface area contributed by atoms with Gasteiger partial charge >= 0.3 is 5.82 Å². The van der Waals surface area contributed by atoms with Crippen molar-refractivity contribution < 1.29 is 9.66 Å². The van der Waals surface area contributed by atoms with Crippen LogP contribution < -0.4 is 10.1 Å². The summed E-state index contributed by atoms with van der Waals surface area (Å²) in [5.41, 5.74) is 0. The summed E-state index contributed by atoms with van der Waals surface area (Å²) in [6.07, 6.45) is 3.67. The van der Waals surface area contributed by atoms with Gasteiger partial charge in [-0.05, 0) is 35.4 Å². The largest absolute Gasteiger partial charge is 0.488 e. The van der Waals surface area contributed by atoms with Crippen molar-refractivity contribution in [3.05, 3.63) is 28.4 Å². The first kappa shape index (κ1) is 10.8. The number of ether oxygens (including phenoxy) is 1. The summed E-state index contributed by atoms with van der Waals surface area (Å²) in [7, 11) is 0. The molecule has 0 spiro atoms. The fraction of sp³-hybridized carbons (Fsp3) is 0.500. The fourth-order valence-electron chi connectivity index (χ4n) is 1.66. The predicted molar refractivity (Wildman–Crippen MR) is 57.4 cm³/mol. The van der Waals surface area contributed by atoms with Crippen molar-refractivity contribution >= 4 is 5.82 Å². The van der Waals surface area contributed by atoms with E-state index in [1.54, 1.807) is 6.07 Å². The van der Waals surface area contributed by atoms with E-state index < -0.39 is 4.92 Å². The van der Waals surface area contributed by atoms with E-state index in [9.17, 15) is 10.1 Å². The van der Waals surface area contributed by atoms with Crippen LogP contribution >= 0.6 is 0 Å². The number of nitrogens with one attached hydrogen (secondary N) is 1. The van der Waals surface area contributed by atoms with Crippen LogP contribution in [0.2, 0.25) is 0 Å². The number of rotatable bonds is 4. The lowest BCUT2D eigenvalue weighted by Gasteiger charge is -2.10. The normalized spacial score (nSPS) is 19.6. The molecule has 16 heavy (non-hydrogen) atoms. The first-order chi connectivity index (χ1) is 7.75. The van der Waals surface area contributed by atoms with E-state index >= 15 is 0 Å². The smallest absolute Gasteiger partial charge is 0.363 e. The first-order valence-corrected chi connectivity index (χ1v) is 5.22. The Bertz CT molecular complexity index is 360. The molecule has 1 saturated heterocycles. The van der Waals surface area contributed by atoms with E-state index in [0.29, 0.717) is 18.4 Å². The van der Waals surface area contributed by atoms with Crippen LogP contribution in [0.15, 0.2) is 18.3 Å². The molecule has 6 nitrogen and oxygen atoms in total. The molecule has 0 amide bonds. The molecule has 0 aromatic carbocycles. The van der Waals surface area contributed by atoms with E-state index in [1.165, 1.54) is 18.7 Å². The Kier molecular flexibility index (Phi) is 3.31. The number of aromatic nitrogens is 1. The molecule has 2 rings (SSSR count). The van der Waals surface area contributed by atoms with Gasteiger partial charge in [-0.1, -0.05) is 0 Å². The molecule has 1 aromatic heterocycles. The number of hydrogen-bond donors (Lipinski definition) is 1. The number of nitrogens with zero attached hydrogens (tertiary/aromatic N) is 2. The third-order valence-electron chi connectivity index (χ3n) is 2.52. The Morgan fingerprint density at radius 1 is 1.62 bits per heavy atom. The van der Waals surface area contributed by atoms with Gasteiger partial charge in [0.05, 0.1) is 0 Å². The van der Waals surface area contributed by atoms with Crippen LogP contribution in [0.5, 0.6) is 5.75 Å². The first-order valence-electron chi connectivity index (χ1n) is 5.22. The van der Waals surface area contributed by atoms with E-state index in [4.69, 9.17) is 4.74 Å². The summed E-state index contributed by atoms with van der Waals surface area (Å²) in [6, 6.07) is 3.30. The Morgan fingerprint density at radius 3 is 3.06 bits per heavy atom. The molecule has 1 aliphatic rings. The highest BCUT2D eigenvalue weighted by Crippen LogP contribution is 2.14. The topological polar surface area (TPSA) is 77.3 Å². The molecule has 86 valence electrons. The van der Waals surface area contributed by atoms with Crippen LogP contribution in [-0.4, -0.2) is 29.1 Å². The fourth-order valence-corrected chi connectivity index (χ4v) is 1.66. The van der Waals surface area contributed by atoms with E-state index in [-0.39, 0.29) is 5.82 Å². The van der Waals surface area contributed by atoms with Crippen molar-refractivity contribution in [1.82, 2.24) is 10.3 Å². The van der Waals surface area contributed by atoms with Gasteiger partial charge in [0.25, 0.3) is 0 Å². The monoisotopic (exact) mass is 223 g/mol. The van der Waals surface area contributed by atoms with Gasteiger partial charge in [0.2, 0.25) is 0 Å². The zero-order valence-electron chi connectivity index (χ0n) is 8.76. The number of nitro groups is 1. The molecular formula is C10H13N3O3. The highest BCUT2D eigenvalue weighted by atomic mass is 16.6. The Labute approximate surface area is 92.8 Å². The highest BCUT2D eigenvalue weighted by Gasteiger charge is 2.15. The summed E-state index contributed by atoms with van der Waals surface area (Å²) in [5.74, 6) is 0.408. The van der Waals surface area contributed by atoms with Crippen molar-refractivity contribution in [3.63, 3.8) is 0 Å². The Morgan fingerprint density at radius 2 is 2.50 bits per heavy atom. The van der Waals surface area contributed by atoms with Crippen molar-refractivity contribution in [1.29, 1.82) is 0 Å². The summed E-state index contributed by atoms with van der Waals surface area (Å²) in [5, 5.41) is 13.7. The molecule has 0 aliphatic carbocycles. The summed E-state index contributed by atoms with van der Waals surface area (Å²) >= 11 is 0. The predicted octanol–water partition coefficient (Wildman–Crippen LogP) is 1.12. The van der Waals surface area contributed by atoms with Gasteiger partial charge in [-0.2, -0.15) is 0 Å². The van der Waals surface area contributed by atoms with Crippen LogP contribution in [0.25, 0.3) is 0 Å². The molecule has 1 aromatic rings. The molecule has 6 heteroatoms. The van der Waals surface area contributed by atoms with Crippen LogP contribution in [0.3, 0.4) is 0 Å². The van der Waals surface area contributed by atoms with Crippen molar-refractivity contribution in [2.45, 2.75) is 18.9 Å². The van der Waals surface area contributed by atoms with Crippen molar-refractivity contribution in [2.24, 2.45) is 0 Å². The molecular weight excluding hydrogens is 210 g/mol. The Balaban J connectivity index is 1.87. The van der Waals surface area contributed by atoms with Gasteiger partial charge in [-0.25, -0.2) is 0 Å². The van der Waals surface area contributed by atoms with E-state index in [2.05, 4.69) is 10.3 Å². The molecule has 2 heterocycles. The maximum Gasteiger partial charge on any atom is 0.363 e. The van der Waals surface area contributed by atoms with Crippen LogP contribution in [-0.2, 0) is 0 Å². The molecule has 0 saturated carbocycles. The van der Waals surface area contributed by atoms with Gasteiger partial charge < -0.3 is 20.2 Å². The Hall–Kier alpha value is -1.69. The quantitative estimate of drug-likeness (QED) is 0.611. The van der Waals surface area contributed by atoms with Gasteiger partial charge in [0.1, 0.15) is 6.61 Å². The zero-order chi connectivity index (χ0) is 11.4. The highest BCUT2D eigenvalue weighted by molar-refractivity contribution is 5.26. The third kappa shape index (κ3) is 2.66. The minimum absolute atomic E-state index is 0.161. The standard InChI is InChI=1S/C10H13N3O3/c14-13(15)10-4-3-9(6-12-10)16-7-8-2-1-5-11-8/h3-4,6,8,11H,1-2,5,7H2. The van der Waals surface area contributed by atoms with Gasteiger partial charge in [-0.15, -0.1) is 0 Å². The molecule has 0 radical (unpaired) electrons. The van der Waals surface area contributed by atoms with Gasteiger partial charge in [0.15, 0.2) is 11.9 Å². The second kappa shape index (κ2) is 4.89. The minimum atomic E-state index is -0.525. The van der Waals surface area contributed by atoms with E-state index in [0.717, 1.165) is 13.0 Å². The molecule has 0 bridgehead atoms. The maximum absolute atomic E-state index is 10.4. The molecule has 1 fully saturated rings. The average Bonchev–Trinajstić information content (AvgIpc) is 2.80.